The number of ether oxygens (including phenoxy) is 3. The van der Waals surface area contributed by atoms with Crippen LogP contribution in [0.3, 0.4) is 0 Å². The van der Waals surface area contributed by atoms with E-state index in [2.05, 4.69) is 0 Å². The summed E-state index contributed by atoms with van der Waals surface area (Å²) in [5, 5.41) is 10.7. The summed E-state index contributed by atoms with van der Waals surface area (Å²) in [6.07, 6.45) is -4.66. The maximum atomic E-state index is 13.9. The lowest BCUT2D eigenvalue weighted by atomic mass is 10.2. The number of benzene rings is 4. The van der Waals surface area contributed by atoms with Crippen molar-refractivity contribution in [2.75, 3.05) is 0 Å². The van der Waals surface area contributed by atoms with Gasteiger partial charge in [0, 0.05) is 0 Å². The Bertz CT molecular complexity index is 1600. The molecule has 0 aliphatic heterocycles. The van der Waals surface area contributed by atoms with E-state index in [9.17, 15) is 24.3 Å². The van der Waals surface area contributed by atoms with Crippen LogP contribution in [0.4, 0.5) is 0 Å². The zero-order valence-electron chi connectivity index (χ0n) is 27.2. The van der Waals surface area contributed by atoms with Crippen molar-refractivity contribution in [1.82, 2.24) is 0 Å². The van der Waals surface area contributed by atoms with Crippen molar-refractivity contribution in [2.45, 2.75) is 64.1 Å². The minimum Gasteiger partial charge on any atom is -0.481 e. The van der Waals surface area contributed by atoms with E-state index in [4.69, 9.17) is 18.6 Å². The molecule has 0 unspecified atom stereocenters. The van der Waals surface area contributed by atoms with Crippen LogP contribution in [0.1, 0.15) is 44.7 Å². The molecule has 2 atom stereocenters. The van der Waals surface area contributed by atoms with Crippen molar-refractivity contribution in [1.29, 1.82) is 0 Å². The van der Waals surface area contributed by atoms with Crippen molar-refractivity contribution >= 4 is 42.6 Å². The van der Waals surface area contributed by atoms with E-state index < -0.39 is 62.3 Å². The van der Waals surface area contributed by atoms with E-state index in [1.807, 2.05) is 99.6 Å². The highest BCUT2D eigenvalue weighted by Gasteiger charge is 2.53. The zero-order valence-corrected chi connectivity index (χ0v) is 28.2. The van der Waals surface area contributed by atoms with E-state index in [-0.39, 0.29) is 13.2 Å². The van der Waals surface area contributed by atoms with Crippen LogP contribution in [0.15, 0.2) is 121 Å². The summed E-state index contributed by atoms with van der Waals surface area (Å²) in [7, 11) is -3.38. The van der Waals surface area contributed by atoms with Gasteiger partial charge in [-0.3, -0.25) is 9.59 Å². The van der Waals surface area contributed by atoms with Crippen LogP contribution >= 0.6 is 0 Å². The monoisotopic (exact) mass is 668 g/mol. The lowest BCUT2D eigenvalue weighted by Crippen LogP contribution is -2.68. The van der Waals surface area contributed by atoms with Gasteiger partial charge in [-0.2, -0.15) is 0 Å². The van der Waals surface area contributed by atoms with Gasteiger partial charge < -0.3 is 23.7 Å². The molecule has 0 aliphatic carbocycles. The maximum Gasteiger partial charge on any atom is 0.348 e. The number of carboxylic acids is 1. The highest BCUT2D eigenvalue weighted by atomic mass is 28.4. The molecular weight excluding hydrogens is 628 g/mol. The minimum atomic E-state index is -3.38. The summed E-state index contributed by atoms with van der Waals surface area (Å²) in [6.45, 7) is 5.86. The van der Waals surface area contributed by atoms with Gasteiger partial charge in [-0.25, -0.2) is 9.59 Å². The van der Waals surface area contributed by atoms with Crippen LogP contribution in [0.2, 0.25) is 5.04 Å². The third kappa shape index (κ3) is 9.49. The molecule has 250 valence electrons. The molecule has 4 rings (SSSR count). The summed E-state index contributed by atoms with van der Waals surface area (Å²) >= 11 is 0. The molecule has 0 spiro atoms. The number of carbonyl (C=O) groups excluding carboxylic acids is 3. The molecule has 0 heterocycles. The van der Waals surface area contributed by atoms with Crippen LogP contribution in [0, 0.1) is 0 Å². The quantitative estimate of drug-likeness (QED) is 0.103. The van der Waals surface area contributed by atoms with Crippen LogP contribution in [-0.2, 0) is 51.0 Å². The average Bonchev–Trinajstić information content (AvgIpc) is 3.08. The maximum absolute atomic E-state index is 13.9. The molecular formula is C38H40O9Si. The van der Waals surface area contributed by atoms with Gasteiger partial charge in [-0.1, -0.05) is 142 Å². The SMILES string of the molecule is CC(C)(C)[Si](O[C@@H](CC(=O)O[C@@H](CC(=O)O)C(=O)OCc1ccccc1)C(=O)OCc1ccccc1)(c1ccccc1)c1ccccc1. The van der Waals surface area contributed by atoms with Gasteiger partial charge in [0.15, 0.2) is 6.10 Å². The van der Waals surface area contributed by atoms with Gasteiger partial charge >= 0.3 is 23.9 Å². The molecule has 4 aromatic rings. The summed E-state index contributed by atoms with van der Waals surface area (Å²) in [4.78, 5) is 51.9. The van der Waals surface area contributed by atoms with E-state index in [0.717, 1.165) is 15.9 Å². The first-order chi connectivity index (χ1) is 23.0. The lowest BCUT2D eigenvalue weighted by molar-refractivity contribution is -0.174. The molecule has 1 N–H and O–H groups in total. The van der Waals surface area contributed by atoms with Crippen molar-refractivity contribution in [2.24, 2.45) is 0 Å². The predicted molar refractivity (Wildman–Crippen MR) is 182 cm³/mol. The number of aliphatic carboxylic acids is 1. The summed E-state index contributed by atoms with van der Waals surface area (Å²) in [6, 6.07) is 37.0. The number of hydrogen-bond acceptors (Lipinski definition) is 8. The van der Waals surface area contributed by atoms with E-state index >= 15 is 0 Å². The lowest BCUT2D eigenvalue weighted by Gasteiger charge is -2.44. The predicted octanol–water partition coefficient (Wildman–Crippen LogP) is 5.20. The van der Waals surface area contributed by atoms with Gasteiger partial charge in [-0.15, -0.1) is 0 Å². The minimum absolute atomic E-state index is 0.0667. The normalized spacial score (nSPS) is 12.7. The van der Waals surface area contributed by atoms with Gasteiger partial charge in [0.1, 0.15) is 13.2 Å². The second-order valence-electron chi connectivity index (χ2n) is 12.2. The highest BCUT2D eigenvalue weighted by molar-refractivity contribution is 6.99. The Morgan fingerprint density at radius 1 is 0.604 bits per heavy atom. The Morgan fingerprint density at radius 2 is 1.00 bits per heavy atom. The standard InChI is InChI=1S/C38H40O9Si/c1-38(2,3)48(30-20-12-6-13-21-30,31-22-14-7-15-23-31)47-33(37(43)45-27-29-18-10-5-11-19-29)25-35(41)46-32(24-34(39)40)36(42)44-26-28-16-8-4-9-17-28/h4-23,32-33H,24-27H2,1-3H3,(H,39,40)/t32-,33-/m0/s1. The first-order valence-corrected chi connectivity index (χ1v) is 17.5. The Hall–Kier alpha value is -5.06. The summed E-state index contributed by atoms with van der Waals surface area (Å²) in [5.74, 6) is -4.21. The molecule has 48 heavy (non-hydrogen) atoms. The third-order valence-corrected chi connectivity index (χ3v) is 12.7. The van der Waals surface area contributed by atoms with Crippen LogP contribution in [-0.4, -0.2) is 49.5 Å². The first kappa shape index (κ1) is 35.8. The second kappa shape index (κ2) is 16.7. The first-order valence-electron chi connectivity index (χ1n) is 15.6. The van der Waals surface area contributed by atoms with E-state index in [1.54, 1.807) is 42.5 Å². The molecule has 0 aliphatic rings. The summed E-state index contributed by atoms with van der Waals surface area (Å²) in [5.41, 5.74) is 1.41. The summed E-state index contributed by atoms with van der Waals surface area (Å²) < 4.78 is 23.3. The fraction of sp³-hybridized carbons (Fsp3) is 0.263. The average molecular weight is 669 g/mol. The fourth-order valence-electron chi connectivity index (χ4n) is 5.41. The molecule has 4 aromatic carbocycles. The van der Waals surface area contributed by atoms with Crippen LogP contribution < -0.4 is 10.4 Å². The van der Waals surface area contributed by atoms with Crippen molar-refractivity contribution in [3.8, 4) is 0 Å². The van der Waals surface area contributed by atoms with Gasteiger partial charge in [-0.05, 0) is 26.5 Å². The van der Waals surface area contributed by atoms with Crippen molar-refractivity contribution in [3.63, 3.8) is 0 Å². The molecule has 0 amide bonds. The Morgan fingerprint density at radius 3 is 1.40 bits per heavy atom. The largest absolute Gasteiger partial charge is 0.481 e. The Labute approximate surface area is 281 Å². The van der Waals surface area contributed by atoms with Crippen molar-refractivity contribution < 1.29 is 42.9 Å². The second-order valence-corrected chi connectivity index (χ2v) is 16.5. The molecule has 0 saturated heterocycles. The topological polar surface area (TPSA) is 125 Å². The molecule has 0 aromatic heterocycles. The molecule has 0 fully saturated rings. The van der Waals surface area contributed by atoms with Crippen LogP contribution in [0.25, 0.3) is 0 Å². The highest BCUT2D eigenvalue weighted by Crippen LogP contribution is 2.38. The number of carboxylic acid groups (broad SMARTS) is 1. The Balaban J connectivity index is 1.66. The number of rotatable bonds is 15. The van der Waals surface area contributed by atoms with Gasteiger partial charge in [0.2, 0.25) is 6.10 Å². The smallest absolute Gasteiger partial charge is 0.348 e. The van der Waals surface area contributed by atoms with E-state index in [0.29, 0.717) is 5.56 Å². The van der Waals surface area contributed by atoms with Crippen LogP contribution in [0.5, 0.6) is 0 Å². The number of hydrogen-bond donors (Lipinski definition) is 1. The third-order valence-electron chi connectivity index (χ3n) is 7.70. The fourth-order valence-corrected chi connectivity index (χ4v) is 10.0. The van der Waals surface area contributed by atoms with Crippen molar-refractivity contribution in [3.05, 3.63) is 132 Å². The molecule has 10 heteroatoms. The van der Waals surface area contributed by atoms with Gasteiger partial charge in [0.25, 0.3) is 8.32 Å². The Kier molecular flexibility index (Phi) is 12.4. The zero-order chi connectivity index (χ0) is 34.6. The number of esters is 3. The number of carbonyl (C=O) groups is 4. The molecule has 9 nitrogen and oxygen atoms in total. The molecule has 0 radical (unpaired) electrons. The molecule has 0 saturated carbocycles. The van der Waals surface area contributed by atoms with E-state index in [1.165, 1.54) is 0 Å². The molecule has 0 bridgehead atoms. The van der Waals surface area contributed by atoms with Gasteiger partial charge in [0.05, 0.1) is 12.8 Å².